The van der Waals surface area contributed by atoms with Gasteiger partial charge in [-0.15, -0.1) is 0 Å². The summed E-state index contributed by atoms with van der Waals surface area (Å²) in [7, 11) is 3.34. The number of methoxy groups -OCH3 is 2. The lowest BCUT2D eigenvalue weighted by Crippen LogP contribution is -2.27. The molecule has 1 aliphatic heterocycles. The number of nitrogens with zero attached hydrogens (tertiary/aromatic N) is 2. The van der Waals surface area contributed by atoms with Crippen molar-refractivity contribution in [2.75, 3.05) is 32.2 Å². The molecule has 3 N–H and O–H groups in total. The molecule has 0 amide bonds. The molecule has 1 aromatic carbocycles. The second-order valence-electron chi connectivity index (χ2n) is 4.60. The second kappa shape index (κ2) is 6.43. The molecule has 2 rings (SSSR count). The summed E-state index contributed by atoms with van der Waals surface area (Å²) in [4.78, 5) is 2.11. The third kappa shape index (κ3) is 2.89. The Morgan fingerprint density at radius 2 is 1.95 bits per heavy atom. The third-order valence-electron chi connectivity index (χ3n) is 3.50. The van der Waals surface area contributed by atoms with Crippen molar-refractivity contribution in [3.63, 3.8) is 0 Å². The zero-order chi connectivity index (χ0) is 14.7. The van der Waals surface area contributed by atoms with Crippen molar-refractivity contribution in [2.45, 2.75) is 12.2 Å². The van der Waals surface area contributed by atoms with E-state index in [1.165, 1.54) is 0 Å². The van der Waals surface area contributed by atoms with Crippen LogP contribution in [-0.2, 0) is 9.47 Å². The summed E-state index contributed by atoms with van der Waals surface area (Å²) >= 11 is 3.45. The molecule has 20 heavy (non-hydrogen) atoms. The number of ether oxygens (including phenoxy) is 2. The van der Waals surface area contributed by atoms with Gasteiger partial charge in [0.15, 0.2) is 5.84 Å². The average Bonchev–Trinajstić information content (AvgIpc) is 2.89. The maximum atomic E-state index is 8.90. The molecule has 0 aromatic heterocycles. The molecular formula is C13H18BrN3O3. The summed E-state index contributed by atoms with van der Waals surface area (Å²) < 4.78 is 11.8. The lowest BCUT2D eigenvalue weighted by molar-refractivity contribution is -0.00461. The Bertz CT molecular complexity index is 498. The molecule has 1 saturated heterocycles. The molecule has 110 valence electrons. The molecule has 1 aliphatic rings. The maximum absolute atomic E-state index is 8.90. The fraction of sp³-hybridized carbons (Fsp3) is 0.462. The topological polar surface area (TPSA) is 80.3 Å². The SMILES string of the molecule is COC1CN(c2cc(Br)ccc2/C(N)=N/O)CC1OC. The largest absolute Gasteiger partial charge is 0.409 e. The van der Waals surface area contributed by atoms with Gasteiger partial charge in [-0.2, -0.15) is 0 Å². The molecule has 1 fully saturated rings. The summed E-state index contributed by atoms with van der Waals surface area (Å²) in [6.07, 6.45) is -0.00163. The van der Waals surface area contributed by atoms with E-state index < -0.39 is 0 Å². The number of hydrogen-bond acceptors (Lipinski definition) is 5. The number of oxime groups is 1. The molecule has 7 heteroatoms. The zero-order valence-corrected chi connectivity index (χ0v) is 13.0. The van der Waals surface area contributed by atoms with Gasteiger partial charge in [0.2, 0.25) is 0 Å². The van der Waals surface area contributed by atoms with Crippen LogP contribution in [0.1, 0.15) is 5.56 Å². The average molecular weight is 344 g/mol. The summed E-state index contributed by atoms with van der Waals surface area (Å²) in [5.41, 5.74) is 7.31. The van der Waals surface area contributed by atoms with Gasteiger partial charge >= 0.3 is 0 Å². The van der Waals surface area contributed by atoms with Crippen molar-refractivity contribution in [3.05, 3.63) is 28.2 Å². The molecule has 2 atom stereocenters. The molecular weight excluding hydrogens is 326 g/mol. The molecule has 1 aromatic rings. The number of nitrogens with two attached hydrogens (primary N) is 1. The summed E-state index contributed by atoms with van der Waals surface area (Å²) in [5.74, 6) is 0.0855. The molecule has 6 nitrogen and oxygen atoms in total. The Kier molecular flexibility index (Phi) is 4.85. The van der Waals surface area contributed by atoms with E-state index in [4.69, 9.17) is 20.4 Å². The number of anilines is 1. The molecule has 0 radical (unpaired) electrons. The summed E-state index contributed by atoms with van der Waals surface area (Å²) in [6, 6.07) is 5.61. The van der Waals surface area contributed by atoms with Crippen molar-refractivity contribution in [2.24, 2.45) is 10.9 Å². The first kappa shape index (κ1) is 15.1. The minimum Gasteiger partial charge on any atom is -0.409 e. The lowest BCUT2D eigenvalue weighted by Gasteiger charge is -2.21. The van der Waals surface area contributed by atoms with Crippen molar-refractivity contribution < 1.29 is 14.7 Å². The van der Waals surface area contributed by atoms with Crippen LogP contribution < -0.4 is 10.6 Å². The van der Waals surface area contributed by atoms with Crippen LogP contribution in [0.15, 0.2) is 27.8 Å². The first-order valence-electron chi connectivity index (χ1n) is 6.18. The smallest absolute Gasteiger partial charge is 0.172 e. The van der Waals surface area contributed by atoms with Crippen LogP contribution in [0.5, 0.6) is 0 Å². The predicted molar refractivity (Wildman–Crippen MR) is 80.5 cm³/mol. The predicted octanol–water partition coefficient (Wildman–Crippen LogP) is 1.39. The summed E-state index contributed by atoms with van der Waals surface area (Å²) in [6.45, 7) is 1.38. The van der Waals surface area contributed by atoms with Gasteiger partial charge in [0.05, 0.1) is 0 Å². The van der Waals surface area contributed by atoms with E-state index in [0.717, 1.165) is 10.2 Å². The monoisotopic (exact) mass is 343 g/mol. The quantitative estimate of drug-likeness (QED) is 0.373. The van der Waals surface area contributed by atoms with Crippen molar-refractivity contribution in [1.82, 2.24) is 0 Å². The van der Waals surface area contributed by atoms with E-state index >= 15 is 0 Å². The Labute approximate surface area is 126 Å². The van der Waals surface area contributed by atoms with E-state index in [1.54, 1.807) is 14.2 Å². The molecule has 2 unspecified atom stereocenters. The first-order valence-corrected chi connectivity index (χ1v) is 6.98. The highest BCUT2D eigenvalue weighted by atomic mass is 79.9. The fourth-order valence-electron chi connectivity index (χ4n) is 2.43. The molecule has 0 spiro atoms. The minimum absolute atomic E-state index is 0.000813. The highest BCUT2D eigenvalue weighted by molar-refractivity contribution is 9.10. The Morgan fingerprint density at radius 3 is 2.45 bits per heavy atom. The highest BCUT2D eigenvalue weighted by Gasteiger charge is 2.34. The Morgan fingerprint density at radius 1 is 1.35 bits per heavy atom. The van der Waals surface area contributed by atoms with E-state index in [-0.39, 0.29) is 18.0 Å². The van der Waals surface area contributed by atoms with Gasteiger partial charge in [0, 0.05) is 43.0 Å². The third-order valence-corrected chi connectivity index (χ3v) is 4.00. The van der Waals surface area contributed by atoms with Crippen molar-refractivity contribution in [3.8, 4) is 0 Å². The fourth-order valence-corrected chi connectivity index (χ4v) is 2.78. The molecule has 0 bridgehead atoms. The van der Waals surface area contributed by atoms with Gasteiger partial charge in [-0.3, -0.25) is 0 Å². The Hall–Kier alpha value is -1.31. The van der Waals surface area contributed by atoms with Crippen molar-refractivity contribution >= 4 is 27.5 Å². The standard InChI is InChI=1S/C13H18BrN3O3/c1-19-11-6-17(7-12(11)20-2)10-5-8(14)3-4-9(10)13(15)16-18/h3-5,11-12,18H,6-7H2,1-2H3,(H2,15,16). The molecule has 1 heterocycles. The van der Waals surface area contributed by atoms with Gasteiger partial charge in [-0.05, 0) is 18.2 Å². The van der Waals surface area contributed by atoms with Crippen LogP contribution in [0.4, 0.5) is 5.69 Å². The van der Waals surface area contributed by atoms with Gasteiger partial charge in [0.25, 0.3) is 0 Å². The lowest BCUT2D eigenvalue weighted by atomic mass is 10.1. The van der Waals surface area contributed by atoms with Crippen LogP contribution in [-0.4, -0.2) is 50.6 Å². The van der Waals surface area contributed by atoms with Crippen LogP contribution >= 0.6 is 15.9 Å². The van der Waals surface area contributed by atoms with E-state index in [1.807, 2.05) is 18.2 Å². The number of halogens is 1. The number of benzene rings is 1. The van der Waals surface area contributed by atoms with E-state index in [2.05, 4.69) is 26.0 Å². The minimum atomic E-state index is -0.000813. The zero-order valence-electron chi connectivity index (χ0n) is 11.4. The van der Waals surface area contributed by atoms with E-state index in [9.17, 15) is 0 Å². The normalized spacial score (nSPS) is 23.4. The highest BCUT2D eigenvalue weighted by Crippen LogP contribution is 2.29. The van der Waals surface area contributed by atoms with Crippen LogP contribution in [0, 0.1) is 0 Å². The summed E-state index contributed by atoms with van der Waals surface area (Å²) in [5, 5.41) is 12.0. The molecule has 0 saturated carbocycles. The van der Waals surface area contributed by atoms with Gasteiger partial charge in [-0.25, -0.2) is 0 Å². The molecule has 0 aliphatic carbocycles. The van der Waals surface area contributed by atoms with Crippen LogP contribution in [0.3, 0.4) is 0 Å². The number of rotatable bonds is 4. The van der Waals surface area contributed by atoms with E-state index in [0.29, 0.717) is 18.7 Å². The Balaban J connectivity index is 2.35. The van der Waals surface area contributed by atoms with Gasteiger partial charge in [0.1, 0.15) is 12.2 Å². The van der Waals surface area contributed by atoms with Crippen molar-refractivity contribution in [1.29, 1.82) is 0 Å². The second-order valence-corrected chi connectivity index (χ2v) is 5.52. The first-order chi connectivity index (χ1) is 9.60. The van der Waals surface area contributed by atoms with Crippen LogP contribution in [0.2, 0.25) is 0 Å². The van der Waals surface area contributed by atoms with Gasteiger partial charge in [-0.1, -0.05) is 21.1 Å². The number of hydrogen-bond donors (Lipinski definition) is 2. The number of amidine groups is 1. The van der Waals surface area contributed by atoms with Gasteiger partial charge < -0.3 is 25.3 Å². The van der Waals surface area contributed by atoms with Crippen LogP contribution in [0.25, 0.3) is 0 Å². The maximum Gasteiger partial charge on any atom is 0.172 e.